The molecule has 2 amide bonds. The van der Waals surface area contributed by atoms with Crippen molar-refractivity contribution in [2.45, 2.75) is 13.1 Å². The molecule has 27 heavy (non-hydrogen) atoms. The number of amides is 2. The second-order valence-corrected chi connectivity index (χ2v) is 6.49. The lowest BCUT2D eigenvalue weighted by atomic mass is 10.2. The summed E-state index contributed by atoms with van der Waals surface area (Å²) in [6, 6.07) is 15.5. The fourth-order valence-corrected chi connectivity index (χ4v) is 3.10. The number of hydrogen-bond donors (Lipinski definition) is 3. The van der Waals surface area contributed by atoms with Crippen LogP contribution in [0.1, 0.15) is 31.3 Å². The standard InChI is InChI=1S/C19H17FN4O2S/c20-14-9-5-4-8-13(14)11-23-19(26)17-15(21)16(24-27-17)18(25)22-10-12-6-2-1-3-7-12/h1-9H,10-11,21H2,(H,22,25)(H,23,26). The van der Waals surface area contributed by atoms with Crippen LogP contribution in [-0.4, -0.2) is 16.2 Å². The van der Waals surface area contributed by atoms with Crippen molar-refractivity contribution in [3.05, 3.63) is 82.1 Å². The smallest absolute Gasteiger partial charge is 0.273 e. The first-order valence-corrected chi connectivity index (χ1v) is 8.92. The fourth-order valence-electron chi connectivity index (χ4n) is 2.38. The molecule has 0 aliphatic heterocycles. The van der Waals surface area contributed by atoms with Crippen LogP contribution < -0.4 is 16.4 Å². The zero-order chi connectivity index (χ0) is 19.2. The number of halogens is 1. The number of benzene rings is 2. The maximum Gasteiger partial charge on any atom is 0.273 e. The molecule has 8 heteroatoms. The molecule has 0 spiro atoms. The number of aromatic nitrogens is 1. The third-order valence-corrected chi connectivity index (χ3v) is 4.70. The van der Waals surface area contributed by atoms with E-state index in [1.165, 1.54) is 6.07 Å². The van der Waals surface area contributed by atoms with Gasteiger partial charge in [-0.2, -0.15) is 4.37 Å². The van der Waals surface area contributed by atoms with E-state index >= 15 is 0 Å². The maximum atomic E-state index is 13.6. The molecule has 0 saturated heterocycles. The fraction of sp³-hybridized carbons (Fsp3) is 0.105. The second kappa shape index (κ2) is 8.41. The van der Waals surface area contributed by atoms with E-state index in [0.29, 0.717) is 12.1 Å². The molecule has 0 unspecified atom stereocenters. The molecule has 4 N–H and O–H groups in total. The van der Waals surface area contributed by atoms with Crippen molar-refractivity contribution >= 4 is 29.0 Å². The number of rotatable bonds is 6. The first-order valence-electron chi connectivity index (χ1n) is 8.15. The van der Waals surface area contributed by atoms with Gasteiger partial charge in [-0.3, -0.25) is 9.59 Å². The highest BCUT2D eigenvalue weighted by molar-refractivity contribution is 7.09. The summed E-state index contributed by atoms with van der Waals surface area (Å²) in [6.45, 7) is 0.337. The third-order valence-electron chi connectivity index (χ3n) is 3.84. The van der Waals surface area contributed by atoms with Gasteiger partial charge >= 0.3 is 0 Å². The average Bonchev–Trinajstić information content (AvgIpc) is 3.07. The Balaban J connectivity index is 1.62. The van der Waals surface area contributed by atoms with Crippen molar-refractivity contribution in [3.63, 3.8) is 0 Å². The van der Waals surface area contributed by atoms with Gasteiger partial charge in [-0.1, -0.05) is 48.5 Å². The van der Waals surface area contributed by atoms with Gasteiger partial charge in [0, 0.05) is 18.7 Å². The van der Waals surface area contributed by atoms with Gasteiger partial charge in [0.05, 0.1) is 5.69 Å². The molecule has 3 aromatic rings. The molecular formula is C19H17FN4O2S. The van der Waals surface area contributed by atoms with Gasteiger partial charge in [0.25, 0.3) is 11.8 Å². The Morgan fingerprint density at radius 2 is 1.63 bits per heavy atom. The Labute approximate surface area is 159 Å². The molecule has 2 aromatic carbocycles. The first kappa shape index (κ1) is 18.5. The monoisotopic (exact) mass is 384 g/mol. The molecule has 138 valence electrons. The number of carbonyl (C=O) groups is 2. The normalized spacial score (nSPS) is 10.4. The van der Waals surface area contributed by atoms with Crippen molar-refractivity contribution in [2.24, 2.45) is 0 Å². The molecule has 6 nitrogen and oxygen atoms in total. The van der Waals surface area contributed by atoms with Gasteiger partial charge in [0.2, 0.25) is 0 Å². The lowest BCUT2D eigenvalue weighted by Crippen LogP contribution is -2.25. The summed E-state index contributed by atoms with van der Waals surface area (Å²) in [5.41, 5.74) is 7.23. The predicted molar refractivity (Wildman–Crippen MR) is 102 cm³/mol. The number of anilines is 1. The minimum Gasteiger partial charge on any atom is -0.395 e. The number of nitrogen functional groups attached to an aromatic ring is 1. The van der Waals surface area contributed by atoms with Crippen LogP contribution in [0.4, 0.5) is 10.1 Å². The van der Waals surface area contributed by atoms with E-state index in [9.17, 15) is 14.0 Å². The van der Waals surface area contributed by atoms with Gasteiger partial charge < -0.3 is 16.4 Å². The predicted octanol–water partition coefficient (Wildman–Crippen LogP) is 2.72. The number of hydrogen-bond acceptors (Lipinski definition) is 5. The van der Waals surface area contributed by atoms with Gasteiger partial charge in [-0.05, 0) is 23.2 Å². The Hall–Kier alpha value is -3.26. The van der Waals surface area contributed by atoms with Crippen LogP contribution >= 0.6 is 11.5 Å². The Bertz CT molecular complexity index is 959. The molecule has 0 bridgehead atoms. The van der Waals surface area contributed by atoms with Crippen molar-refractivity contribution in [3.8, 4) is 0 Å². The van der Waals surface area contributed by atoms with Crippen LogP contribution in [0.15, 0.2) is 54.6 Å². The van der Waals surface area contributed by atoms with E-state index in [1.807, 2.05) is 30.3 Å². The maximum absolute atomic E-state index is 13.6. The van der Waals surface area contributed by atoms with Crippen molar-refractivity contribution < 1.29 is 14.0 Å². The lowest BCUT2D eigenvalue weighted by Gasteiger charge is -2.06. The molecule has 0 atom stereocenters. The van der Waals surface area contributed by atoms with Gasteiger partial charge in [0.15, 0.2) is 5.69 Å². The quantitative estimate of drug-likeness (QED) is 0.609. The summed E-state index contributed by atoms with van der Waals surface area (Å²) < 4.78 is 17.6. The van der Waals surface area contributed by atoms with Gasteiger partial charge in [0.1, 0.15) is 10.7 Å². The summed E-state index contributed by atoms with van der Waals surface area (Å²) in [4.78, 5) is 24.7. The largest absolute Gasteiger partial charge is 0.395 e. The van der Waals surface area contributed by atoms with E-state index in [0.717, 1.165) is 17.1 Å². The average molecular weight is 384 g/mol. The minimum absolute atomic E-state index is 0.00646. The van der Waals surface area contributed by atoms with E-state index in [1.54, 1.807) is 18.2 Å². The second-order valence-electron chi connectivity index (χ2n) is 5.72. The van der Waals surface area contributed by atoms with E-state index < -0.39 is 17.6 Å². The van der Waals surface area contributed by atoms with Crippen molar-refractivity contribution in [1.29, 1.82) is 0 Å². The minimum atomic E-state index is -0.504. The first-order chi connectivity index (χ1) is 13.1. The highest BCUT2D eigenvalue weighted by Gasteiger charge is 2.22. The van der Waals surface area contributed by atoms with Gasteiger partial charge in [-0.15, -0.1) is 0 Å². The van der Waals surface area contributed by atoms with Crippen LogP contribution in [0.5, 0.6) is 0 Å². The van der Waals surface area contributed by atoms with Crippen LogP contribution in [0.3, 0.4) is 0 Å². The number of nitrogens with one attached hydrogen (secondary N) is 2. The van der Waals surface area contributed by atoms with E-state index in [2.05, 4.69) is 15.0 Å². The van der Waals surface area contributed by atoms with Crippen molar-refractivity contribution in [2.75, 3.05) is 5.73 Å². The highest BCUT2D eigenvalue weighted by Crippen LogP contribution is 2.22. The Kier molecular flexibility index (Phi) is 5.77. The van der Waals surface area contributed by atoms with Crippen LogP contribution in [0.2, 0.25) is 0 Å². The summed E-state index contributed by atoms with van der Waals surface area (Å²) in [6.07, 6.45) is 0. The summed E-state index contributed by atoms with van der Waals surface area (Å²) in [5, 5.41) is 5.30. The summed E-state index contributed by atoms with van der Waals surface area (Å²) in [5.74, 6) is -1.37. The summed E-state index contributed by atoms with van der Waals surface area (Å²) in [7, 11) is 0. The van der Waals surface area contributed by atoms with Crippen molar-refractivity contribution in [1.82, 2.24) is 15.0 Å². The molecule has 0 radical (unpaired) electrons. The summed E-state index contributed by atoms with van der Waals surface area (Å²) >= 11 is 0.832. The highest BCUT2D eigenvalue weighted by atomic mass is 32.1. The lowest BCUT2D eigenvalue weighted by molar-refractivity contribution is 0.0946. The SMILES string of the molecule is Nc1c(C(=O)NCc2ccccc2)nsc1C(=O)NCc1ccccc1F. The number of carbonyl (C=O) groups excluding carboxylic acids is 2. The van der Waals surface area contributed by atoms with Crippen LogP contribution in [-0.2, 0) is 13.1 Å². The van der Waals surface area contributed by atoms with Gasteiger partial charge in [-0.25, -0.2) is 4.39 Å². The van der Waals surface area contributed by atoms with E-state index in [4.69, 9.17) is 5.73 Å². The van der Waals surface area contributed by atoms with E-state index in [-0.39, 0.29) is 22.8 Å². The number of nitrogens with two attached hydrogens (primary N) is 1. The molecule has 1 aromatic heterocycles. The molecule has 3 rings (SSSR count). The topological polar surface area (TPSA) is 97.1 Å². The molecule has 0 aliphatic rings. The van der Waals surface area contributed by atoms with Crippen LogP contribution in [0, 0.1) is 5.82 Å². The Morgan fingerprint density at radius 1 is 0.963 bits per heavy atom. The molecule has 0 saturated carbocycles. The zero-order valence-electron chi connectivity index (χ0n) is 14.2. The number of nitrogens with zero attached hydrogens (tertiary/aromatic N) is 1. The molecule has 0 aliphatic carbocycles. The molecule has 1 heterocycles. The Morgan fingerprint density at radius 3 is 2.37 bits per heavy atom. The molecular weight excluding hydrogens is 367 g/mol. The third kappa shape index (κ3) is 4.48. The van der Waals surface area contributed by atoms with Crippen LogP contribution in [0.25, 0.3) is 0 Å². The zero-order valence-corrected chi connectivity index (χ0v) is 15.1. The molecule has 0 fully saturated rings.